The van der Waals surface area contributed by atoms with Crippen LogP contribution >= 0.6 is 0 Å². The van der Waals surface area contributed by atoms with Crippen molar-refractivity contribution in [1.29, 1.82) is 0 Å². The fourth-order valence-electron chi connectivity index (χ4n) is 1.90. The van der Waals surface area contributed by atoms with Crippen LogP contribution in [0.2, 0.25) is 0 Å². The van der Waals surface area contributed by atoms with Gasteiger partial charge in [-0.05, 0) is 6.07 Å². The number of hydrogen-bond donors (Lipinski definition) is 2. The first kappa shape index (κ1) is 13.4. The second kappa shape index (κ2) is 4.27. The molecular formula is C12H10F3NO3. The quantitative estimate of drug-likeness (QED) is 0.823. The number of nitrogens with one attached hydrogen (secondary N) is 1. The maximum absolute atomic E-state index is 13.1. The summed E-state index contributed by atoms with van der Waals surface area (Å²) in [6.45, 7) is 0. The summed E-state index contributed by atoms with van der Waals surface area (Å²) in [5, 5.41) is 9.96. The topological polar surface area (TPSA) is 62.3 Å². The summed E-state index contributed by atoms with van der Waals surface area (Å²) < 4.78 is 43.3. The highest BCUT2D eigenvalue weighted by atomic mass is 19.4. The Hall–Kier alpha value is -2.02. The zero-order chi connectivity index (χ0) is 14.3. The third-order valence-corrected chi connectivity index (χ3v) is 2.87. The highest BCUT2D eigenvalue weighted by Gasteiger charge is 2.62. The minimum absolute atomic E-state index is 0.104. The van der Waals surface area contributed by atoms with Gasteiger partial charge >= 0.3 is 12.1 Å². The Kier molecular flexibility index (Phi) is 3.01. The molecule has 0 bridgehead atoms. The van der Waals surface area contributed by atoms with Gasteiger partial charge in [0.15, 0.2) is 0 Å². The van der Waals surface area contributed by atoms with E-state index in [0.717, 1.165) is 13.3 Å². The molecule has 1 atom stereocenters. The van der Waals surface area contributed by atoms with Crippen molar-refractivity contribution in [3.8, 4) is 0 Å². The van der Waals surface area contributed by atoms with Gasteiger partial charge in [-0.1, -0.05) is 18.2 Å². The molecule has 1 heterocycles. The number of rotatable bonds is 2. The number of fused-ring (bicyclic) bond motifs is 1. The molecule has 0 spiro atoms. The SMILES string of the molecule is COC(=O)[C@](O)(c1c[nH]c2ccccc12)C(F)(F)F. The summed E-state index contributed by atoms with van der Waals surface area (Å²) >= 11 is 0. The lowest BCUT2D eigenvalue weighted by Crippen LogP contribution is -2.49. The van der Waals surface area contributed by atoms with E-state index in [4.69, 9.17) is 0 Å². The first-order chi connectivity index (χ1) is 8.82. The maximum Gasteiger partial charge on any atom is 0.432 e. The standard InChI is InChI=1S/C12H10F3NO3/c1-19-10(17)11(18,12(13,14)15)8-6-16-9-5-3-2-4-7(8)9/h2-6,16,18H,1H3/t11-/m1/s1. The minimum Gasteiger partial charge on any atom is -0.466 e. The number of carbonyl (C=O) groups is 1. The number of aromatic amines is 1. The fraction of sp³-hybridized carbons (Fsp3) is 0.250. The minimum atomic E-state index is -5.19. The average molecular weight is 273 g/mol. The van der Waals surface area contributed by atoms with Gasteiger partial charge in [0, 0.05) is 22.7 Å². The molecule has 0 aliphatic carbocycles. The molecule has 0 saturated heterocycles. The van der Waals surface area contributed by atoms with Crippen molar-refractivity contribution in [2.24, 2.45) is 0 Å². The van der Waals surface area contributed by atoms with E-state index in [2.05, 4.69) is 9.72 Å². The van der Waals surface area contributed by atoms with Crippen LogP contribution in [0.15, 0.2) is 30.5 Å². The van der Waals surface area contributed by atoms with E-state index in [9.17, 15) is 23.1 Å². The molecule has 0 amide bonds. The van der Waals surface area contributed by atoms with Gasteiger partial charge in [0.05, 0.1) is 7.11 Å². The molecule has 0 unspecified atom stereocenters. The molecular weight excluding hydrogens is 263 g/mol. The van der Waals surface area contributed by atoms with Gasteiger partial charge in [0.25, 0.3) is 5.60 Å². The van der Waals surface area contributed by atoms with Crippen LogP contribution in [0.25, 0.3) is 10.9 Å². The van der Waals surface area contributed by atoms with Gasteiger partial charge in [-0.25, -0.2) is 4.79 Å². The van der Waals surface area contributed by atoms with Crippen LogP contribution in [0.3, 0.4) is 0 Å². The highest BCUT2D eigenvalue weighted by Crippen LogP contribution is 2.42. The summed E-state index contributed by atoms with van der Waals surface area (Å²) in [6.07, 6.45) is -4.24. The summed E-state index contributed by atoms with van der Waals surface area (Å²) in [5.41, 5.74) is -3.90. The largest absolute Gasteiger partial charge is 0.466 e. The van der Waals surface area contributed by atoms with Crippen molar-refractivity contribution in [3.63, 3.8) is 0 Å². The average Bonchev–Trinajstić information content (AvgIpc) is 2.79. The summed E-state index contributed by atoms with van der Waals surface area (Å²) in [5.74, 6) is -1.77. The van der Waals surface area contributed by atoms with Gasteiger partial charge in [0.1, 0.15) is 0 Å². The van der Waals surface area contributed by atoms with Crippen LogP contribution in [0.4, 0.5) is 13.2 Å². The third-order valence-electron chi connectivity index (χ3n) is 2.87. The summed E-state index contributed by atoms with van der Waals surface area (Å²) in [7, 11) is 0.786. The van der Waals surface area contributed by atoms with Crippen molar-refractivity contribution >= 4 is 16.9 Å². The molecule has 1 aromatic carbocycles. The van der Waals surface area contributed by atoms with E-state index in [1.165, 1.54) is 18.2 Å². The number of alkyl halides is 3. The number of carbonyl (C=O) groups excluding carboxylic acids is 1. The normalized spacial score (nSPS) is 15.2. The lowest BCUT2D eigenvalue weighted by molar-refractivity contribution is -0.266. The molecule has 4 nitrogen and oxygen atoms in total. The number of aromatic nitrogens is 1. The number of para-hydroxylation sites is 1. The van der Waals surface area contributed by atoms with Crippen molar-refractivity contribution in [3.05, 3.63) is 36.0 Å². The molecule has 2 aromatic rings. The Morgan fingerprint density at radius 3 is 2.53 bits per heavy atom. The summed E-state index contributed by atoms with van der Waals surface area (Å²) in [4.78, 5) is 14.0. The molecule has 0 radical (unpaired) electrons. The molecule has 7 heteroatoms. The lowest BCUT2D eigenvalue weighted by atomic mass is 9.93. The number of hydrogen-bond acceptors (Lipinski definition) is 3. The second-order valence-corrected chi connectivity index (χ2v) is 3.95. The molecule has 102 valence electrons. The van der Waals surface area contributed by atoms with E-state index in [-0.39, 0.29) is 5.39 Å². The number of benzene rings is 1. The maximum atomic E-state index is 13.1. The van der Waals surface area contributed by atoms with E-state index in [1.807, 2.05) is 0 Å². The number of methoxy groups -OCH3 is 1. The molecule has 0 saturated carbocycles. The van der Waals surface area contributed by atoms with E-state index in [0.29, 0.717) is 5.52 Å². The molecule has 0 aliphatic rings. The Morgan fingerprint density at radius 1 is 1.32 bits per heavy atom. The Morgan fingerprint density at radius 2 is 1.95 bits per heavy atom. The first-order valence-electron chi connectivity index (χ1n) is 5.26. The van der Waals surface area contributed by atoms with Gasteiger partial charge in [-0.2, -0.15) is 13.2 Å². The van der Waals surface area contributed by atoms with Crippen LogP contribution in [0.1, 0.15) is 5.56 Å². The van der Waals surface area contributed by atoms with E-state index >= 15 is 0 Å². The smallest absolute Gasteiger partial charge is 0.432 e. The van der Waals surface area contributed by atoms with Crippen molar-refractivity contribution in [2.45, 2.75) is 11.8 Å². The predicted octanol–water partition coefficient (Wildman–Crippen LogP) is 2.09. The van der Waals surface area contributed by atoms with Crippen molar-refractivity contribution < 1.29 is 27.8 Å². The van der Waals surface area contributed by atoms with Crippen LogP contribution in [-0.4, -0.2) is 29.3 Å². The van der Waals surface area contributed by atoms with Crippen LogP contribution in [-0.2, 0) is 15.1 Å². The predicted molar refractivity (Wildman–Crippen MR) is 60.3 cm³/mol. The molecule has 0 aliphatic heterocycles. The summed E-state index contributed by atoms with van der Waals surface area (Å²) in [6, 6.07) is 6.04. The van der Waals surface area contributed by atoms with Gasteiger partial charge < -0.3 is 14.8 Å². The lowest BCUT2D eigenvalue weighted by Gasteiger charge is -2.27. The Balaban J connectivity index is 2.72. The molecule has 2 rings (SSSR count). The monoisotopic (exact) mass is 273 g/mol. The van der Waals surface area contributed by atoms with Crippen molar-refractivity contribution in [1.82, 2.24) is 4.98 Å². The first-order valence-corrected chi connectivity index (χ1v) is 5.26. The number of aliphatic hydroxyl groups is 1. The van der Waals surface area contributed by atoms with Gasteiger partial charge in [0.2, 0.25) is 0 Å². The zero-order valence-corrected chi connectivity index (χ0v) is 9.78. The number of esters is 1. The number of H-pyrrole nitrogens is 1. The van der Waals surface area contributed by atoms with E-state index < -0.39 is 23.3 Å². The number of ether oxygens (including phenoxy) is 1. The van der Waals surface area contributed by atoms with Gasteiger partial charge in [-0.15, -0.1) is 0 Å². The van der Waals surface area contributed by atoms with Crippen LogP contribution in [0.5, 0.6) is 0 Å². The zero-order valence-electron chi connectivity index (χ0n) is 9.78. The Bertz CT molecular complexity index is 620. The van der Waals surface area contributed by atoms with Crippen molar-refractivity contribution in [2.75, 3.05) is 7.11 Å². The van der Waals surface area contributed by atoms with Crippen LogP contribution < -0.4 is 0 Å². The fourth-order valence-corrected chi connectivity index (χ4v) is 1.90. The third kappa shape index (κ3) is 1.86. The number of halogens is 3. The Labute approximate surface area is 105 Å². The van der Waals surface area contributed by atoms with E-state index in [1.54, 1.807) is 6.07 Å². The van der Waals surface area contributed by atoms with Gasteiger partial charge in [-0.3, -0.25) is 0 Å². The molecule has 19 heavy (non-hydrogen) atoms. The molecule has 1 aromatic heterocycles. The second-order valence-electron chi connectivity index (χ2n) is 3.95. The molecule has 0 fully saturated rings. The highest BCUT2D eigenvalue weighted by molar-refractivity contribution is 5.92. The molecule has 2 N–H and O–H groups in total. The van der Waals surface area contributed by atoms with Crippen LogP contribution in [0, 0.1) is 0 Å².